The lowest BCUT2D eigenvalue weighted by Gasteiger charge is -2.34. The van der Waals surface area contributed by atoms with E-state index in [1.54, 1.807) is 30.5 Å². The molecule has 4 aromatic rings. The minimum absolute atomic E-state index is 0.213. The summed E-state index contributed by atoms with van der Waals surface area (Å²) in [7, 11) is 3.00. The normalized spacial score (nSPS) is 13.8. The van der Waals surface area contributed by atoms with Gasteiger partial charge in [-0.05, 0) is 30.8 Å². The van der Waals surface area contributed by atoms with Crippen LogP contribution in [-0.2, 0) is 0 Å². The van der Waals surface area contributed by atoms with Crippen molar-refractivity contribution in [2.75, 3.05) is 57.2 Å². The smallest absolute Gasteiger partial charge is 0.417 e. The number of amides is 1. The lowest BCUT2D eigenvalue weighted by molar-refractivity contribution is 0.215. The number of anilines is 2. The maximum absolute atomic E-state index is 12.8. The van der Waals surface area contributed by atoms with Crippen LogP contribution < -0.4 is 24.4 Å². The van der Waals surface area contributed by atoms with Crippen LogP contribution in [0.2, 0.25) is 10.0 Å². The van der Waals surface area contributed by atoms with Crippen molar-refractivity contribution in [2.24, 2.45) is 0 Å². The largest absolute Gasteiger partial charge is 0.495 e. The Balaban J connectivity index is 1.37. The topological polar surface area (TPSA) is 102 Å². The van der Waals surface area contributed by atoms with Gasteiger partial charge in [-0.3, -0.25) is 10.3 Å². The van der Waals surface area contributed by atoms with E-state index >= 15 is 0 Å². The standard InChI is InChI=1S/C28H28Cl2N6O4/c1-4-35-11-13-36(14-12-35)22-8-5-17(16-33-22)34-28(37)40-19-7-6-18(26-27(19)32-10-9-31-26)23-24(29)20(38-2)15-21(39-3)25(23)30/h5-10,15-16H,4,11-14H2,1-3H3,(H,34,37). The Morgan fingerprint density at radius 1 is 0.900 bits per heavy atom. The predicted molar refractivity (Wildman–Crippen MR) is 156 cm³/mol. The molecule has 1 N–H and O–H groups in total. The number of pyridine rings is 1. The van der Waals surface area contributed by atoms with Crippen molar-refractivity contribution in [3.63, 3.8) is 0 Å². The molecule has 1 aliphatic rings. The van der Waals surface area contributed by atoms with Gasteiger partial charge in [0, 0.05) is 55.8 Å². The lowest BCUT2D eigenvalue weighted by atomic mass is 10.0. The zero-order valence-corrected chi connectivity index (χ0v) is 23.8. The summed E-state index contributed by atoms with van der Waals surface area (Å²) in [5.41, 5.74) is 2.32. The van der Waals surface area contributed by atoms with Gasteiger partial charge in [-0.2, -0.15) is 0 Å². The number of aromatic nitrogens is 3. The fourth-order valence-corrected chi connectivity index (χ4v) is 5.33. The molecule has 0 spiro atoms. The quantitative estimate of drug-likeness (QED) is 0.291. The monoisotopic (exact) mass is 582 g/mol. The van der Waals surface area contributed by atoms with E-state index < -0.39 is 6.09 Å². The number of hydrogen-bond acceptors (Lipinski definition) is 9. The van der Waals surface area contributed by atoms with Gasteiger partial charge in [0.1, 0.15) is 28.4 Å². The van der Waals surface area contributed by atoms with E-state index in [1.807, 2.05) is 6.07 Å². The third-order valence-electron chi connectivity index (χ3n) is 6.77. The van der Waals surface area contributed by atoms with E-state index in [4.69, 9.17) is 37.4 Å². The van der Waals surface area contributed by atoms with Gasteiger partial charge in [-0.25, -0.2) is 14.8 Å². The first-order valence-electron chi connectivity index (χ1n) is 12.7. The summed E-state index contributed by atoms with van der Waals surface area (Å²) in [6.45, 7) is 7.05. The number of benzene rings is 2. The molecule has 2 aromatic carbocycles. The summed E-state index contributed by atoms with van der Waals surface area (Å²) in [4.78, 5) is 30.9. The van der Waals surface area contributed by atoms with Gasteiger partial charge in [0.25, 0.3) is 0 Å². The minimum atomic E-state index is -0.690. The SMILES string of the molecule is CCN1CCN(c2ccc(NC(=O)Oc3ccc(-c4c(Cl)c(OC)cc(OC)c4Cl)c4nccnc34)cn2)CC1. The number of nitrogens with zero attached hydrogens (tertiary/aromatic N) is 5. The summed E-state index contributed by atoms with van der Waals surface area (Å²) >= 11 is 13.3. The molecule has 0 radical (unpaired) electrons. The predicted octanol–water partition coefficient (Wildman–Crippen LogP) is 5.77. The number of rotatable bonds is 7. The van der Waals surface area contributed by atoms with Gasteiger partial charge in [0.15, 0.2) is 5.75 Å². The number of carbonyl (C=O) groups is 1. The number of fused-ring (bicyclic) bond motifs is 1. The van der Waals surface area contributed by atoms with Crippen LogP contribution in [0.3, 0.4) is 0 Å². The summed E-state index contributed by atoms with van der Waals surface area (Å²) < 4.78 is 16.4. The summed E-state index contributed by atoms with van der Waals surface area (Å²) in [5.74, 6) is 1.86. The molecule has 208 valence electrons. The van der Waals surface area contributed by atoms with Crippen LogP contribution in [0, 0.1) is 0 Å². The molecule has 1 fully saturated rings. The minimum Gasteiger partial charge on any atom is -0.495 e. The number of ether oxygens (including phenoxy) is 3. The number of piperazine rings is 1. The molecule has 12 heteroatoms. The van der Waals surface area contributed by atoms with Crippen LogP contribution in [0.25, 0.3) is 22.2 Å². The number of nitrogens with one attached hydrogen (secondary N) is 1. The fourth-order valence-electron chi connectivity index (χ4n) is 4.62. The highest BCUT2D eigenvalue weighted by molar-refractivity contribution is 6.41. The van der Waals surface area contributed by atoms with Crippen LogP contribution in [0.4, 0.5) is 16.3 Å². The van der Waals surface area contributed by atoms with Crippen molar-refractivity contribution >= 4 is 51.8 Å². The Labute approximate surface area is 241 Å². The third kappa shape index (κ3) is 5.56. The van der Waals surface area contributed by atoms with E-state index in [0.29, 0.717) is 39.3 Å². The maximum Gasteiger partial charge on any atom is 0.417 e. The molecule has 0 unspecified atom stereocenters. The highest BCUT2D eigenvalue weighted by Gasteiger charge is 2.23. The second kappa shape index (κ2) is 12.1. The van der Waals surface area contributed by atoms with E-state index in [9.17, 15) is 4.79 Å². The molecule has 5 rings (SSSR count). The molecule has 1 aliphatic heterocycles. The highest BCUT2D eigenvalue weighted by Crippen LogP contribution is 2.47. The van der Waals surface area contributed by atoms with Crippen LogP contribution >= 0.6 is 23.2 Å². The van der Waals surface area contributed by atoms with Gasteiger partial charge in [0.05, 0.1) is 36.1 Å². The third-order valence-corrected chi connectivity index (χ3v) is 7.52. The highest BCUT2D eigenvalue weighted by atomic mass is 35.5. The van der Waals surface area contributed by atoms with Gasteiger partial charge in [-0.15, -0.1) is 0 Å². The van der Waals surface area contributed by atoms with Crippen LogP contribution in [0.1, 0.15) is 6.92 Å². The number of hydrogen-bond donors (Lipinski definition) is 1. The first-order chi connectivity index (χ1) is 19.4. The van der Waals surface area contributed by atoms with E-state index in [0.717, 1.165) is 38.5 Å². The Morgan fingerprint density at radius 3 is 2.17 bits per heavy atom. The number of carbonyl (C=O) groups excluding carboxylic acids is 1. The first-order valence-corrected chi connectivity index (χ1v) is 13.4. The summed E-state index contributed by atoms with van der Waals surface area (Å²) in [6.07, 6.45) is 3.97. The van der Waals surface area contributed by atoms with Crippen molar-refractivity contribution in [3.05, 3.63) is 59.0 Å². The number of halogens is 2. The molecule has 0 aliphatic carbocycles. The Morgan fingerprint density at radius 2 is 1.57 bits per heavy atom. The summed E-state index contributed by atoms with van der Waals surface area (Å²) in [5, 5.41) is 3.30. The molecule has 0 saturated carbocycles. The van der Waals surface area contributed by atoms with Gasteiger partial charge in [-0.1, -0.05) is 30.1 Å². The zero-order valence-electron chi connectivity index (χ0n) is 22.3. The van der Waals surface area contributed by atoms with Crippen LogP contribution in [0.5, 0.6) is 17.2 Å². The molecule has 0 bridgehead atoms. The molecule has 40 heavy (non-hydrogen) atoms. The summed E-state index contributed by atoms with van der Waals surface area (Å²) in [6, 6.07) is 8.62. The van der Waals surface area contributed by atoms with Crippen molar-refractivity contribution in [1.29, 1.82) is 0 Å². The van der Waals surface area contributed by atoms with E-state index in [-0.39, 0.29) is 15.8 Å². The zero-order chi connectivity index (χ0) is 28.2. The van der Waals surface area contributed by atoms with Gasteiger partial charge in [0.2, 0.25) is 0 Å². The molecule has 1 amide bonds. The van der Waals surface area contributed by atoms with Crippen molar-refractivity contribution in [3.8, 4) is 28.4 Å². The molecular weight excluding hydrogens is 555 g/mol. The fraction of sp³-hybridized carbons (Fsp3) is 0.286. The average molecular weight is 583 g/mol. The number of methoxy groups -OCH3 is 2. The van der Waals surface area contributed by atoms with E-state index in [1.165, 1.54) is 26.6 Å². The second-order valence-electron chi connectivity index (χ2n) is 8.99. The molecule has 1 saturated heterocycles. The average Bonchev–Trinajstić information content (AvgIpc) is 2.99. The molecule has 2 aromatic heterocycles. The van der Waals surface area contributed by atoms with Crippen LogP contribution in [-0.4, -0.2) is 72.9 Å². The number of likely N-dealkylation sites (N-methyl/N-ethyl adjacent to an activating group) is 1. The Kier molecular flexibility index (Phi) is 8.39. The first kappa shape index (κ1) is 27.7. The maximum atomic E-state index is 12.8. The molecular formula is C28H28Cl2N6O4. The molecule has 10 nitrogen and oxygen atoms in total. The van der Waals surface area contributed by atoms with Crippen molar-refractivity contribution < 1.29 is 19.0 Å². The van der Waals surface area contributed by atoms with Crippen molar-refractivity contribution in [1.82, 2.24) is 19.9 Å². The Bertz CT molecular complexity index is 1500. The van der Waals surface area contributed by atoms with Gasteiger partial charge < -0.3 is 24.0 Å². The molecule has 0 atom stereocenters. The van der Waals surface area contributed by atoms with Crippen LogP contribution in [0.15, 0.2) is 48.9 Å². The molecule has 3 heterocycles. The van der Waals surface area contributed by atoms with E-state index in [2.05, 4.69) is 37.0 Å². The second-order valence-corrected chi connectivity index (χ2v) is 9.75. The van der Waals surface area contributed by atoms with Gasteiger partial charge >= 0.3 is 6.09 Å². The van der Waals surface area contributed by atoms with Crippen molar-refractivity contribution in [2.45, 2.75) is 6.92 Å². The lowest BCUT2D eigenvalue weighted by Crippen LogP contribution is -2.46. The Hall–Kier alpha value is -3.86.